The van der Waals surface area contributed by atoms with Gasteiger partial charge in [-0.15, -0.1) is 0 Å². The molecule has 3 rings (SSSR count). The number of nitro benzene ring substituents is 1. The number of hydrogen-bond donors (Lipinski definition) is 1. The van der Waals surface area contributed by atoms with Gasteiger partial charge in [-0.3, -0.25) is 14.9 Å². The van der Waals surface area contributed by atoms with Crippen molar-refractivity contribution in [2.75, 3.05) is 12.4 Å². The number of carbonyl (C=O) groups excluding carboxylic acids is 1. The number of benzene rings is 1. The lowest BCUT2D eigenvalue weighted by Gasteiger charge is -2.23. The molecule has 0 saturated heterocycles. The van der Waals surface area contributed by atoms with Gasteiger partial charge in [0.25, 0.3) is 5.69 Å². The number of hydrogen-bond acceptors (Lipinski definition) is 5. The fourth-order valence-corrected chi connectivity index (χ4v) is 2.72. The minimum absolute atomic E-state index is 0.0970. The van der Waals surface area contributed by atoms with E-state index < -0.39 is 4.92 Å². The Balaban J connectivity index is 1.77. The largest absolute Gasteiger partial charge is 0.495 e. The molecule has 1 aromatic carbocycles. The Kier molecular flexibility index (Phi) is 3.96. The van der Waals surface area contributed by atoms with E-state index in [0.29, 0.717) is 24.3 Å². The van der Waals surface area contributed by atoms with Crippen LogP contribution >= 0.6 is 0 Å². The first-order valence-electron chi connectivity index (χ1n) is 7.22. The smallest absolute Gasteiger partial charge is 0.271 e. The number of non-ortho nitro benzene ring substituents is 1. The van der Waals surface area contributed by atoms with Crippen molar-refractivity contribution in [1.29, 1.82) is 0 Å². The van der Waals surface area contributed by atoms with Gasteiger partial charge in [0.2, 0.25) is 5.91 Å². The van der Waals surface area contributed by atoms with Crippen molar-refractivity contribution in [3.63, 3.8) is 0 Å². The molecule has 1 amide bonds. The van der Waals surface area contributed by atoms with E-state index in [2.05, 4.69) is 10.3 Å². The molecule has 2 heterocycles. The predicted octanol–water partition coefficient (Wildman–Crippen LogP) is 2.00. The second-order valence-corrected chi connectivity index (χ2v) is 5.36. The Labute approximate surface area is 132 Å². The minimum Gasteiger partial charge on any atom is -0.495 e. The van der Waals surface area contributed by atoms with Crippen LogP contribution in [0.4, 0.5) is 11.4 Å². The molecule has 1 aliphatic rings. The zero-order chi connectivity index (χ0) is 16.4. The SMILES string of the molecule is COc1ccc([N+](=O)[O-])cc1NC(=O)C1CCn2ccnc2C1. The lowest BCUT2D eigenvalue weighted by atomic mass is 9.97. The number of rotatable bonds is 4. The van der Waals surface area contributed by atoms with Gasteiger partial charge in [0, 0.05) is 43.4 Å². The highest BCUT2D eigenvalue weighted by molar-refractivity contribution is 5.94. The van der Waals surface area contributed by atoms with Gasteiger partial charge in [0.15, 0.2) is 0 Å². The molecule has 1 atom stereocenters. The molecular weight excluding hydrogens is 300 g/mol. The van der Waals surface area contributed by atoms with E-state index in [1.54, 1.807) is 6.20 Å². The van der Waals surface area contributed by atoms with E-state index >= 15 is 0 Å². The number of anilines is 1. The lowest BCUT2D eigenvalue weighted by molar-refractivity contribution is -0.384. The van der Waals surface area contributed by atoms with Crippen molar-refractivity contribution in [1.82, 2.24) is 9.55 Å². The summed E-state index contributed by atoms with van der Waals surface area (Å²) in [6.07, 6.45) is 4.87. The molecule has 8 heteroatoms. The molecule has 1 aromatic heterocycles. The van der Waals surface area contributed by atoms with Crippen LogP contribution < -0.4 is 10.1 Å². The summed E-state index contributed by atoms with van der Waals surface area (Å²) in [5, 5.41) is 13.6. The first-order valence-corrected chi connectivity index (χ1v) is 7.22. The highest BCUT2D eigenvalue weighted by Crippen LogP contribution is 2.30. The lowest BCUT2D eigenvalue weighted by Crippen LogP contribution is -2.30. The summed E-state index contributed by atoms with van der Waals surface area (Å²) >= 11 is 0. The summed E-state index contributed by atoms with van der Waals surface area (Å²) in [7, 11) is 1.45. The second kappa shape index (κ2) is 6.07. The number of nitrogens with one attached hydrogen (secondary N) is 1. The van der Waals surface area contributed by atoms with Gasteiger partial charge >= 0.3 is 0 Å². The predicted molar refractivity (Wildman–Crippen MR) is 82.3 cm³/mol. The maximum absolute atomic E-state index is 12.5. The van der Waals surface area contributed by atoms with Gasteiger partial charge < -0.3 is 14.6 Å². The second-order valence-electron chi connectivity index (χ2n) is 5.36. The molecule has 8 nitrogen and oxygen atoms in total. The van der Waals surface area contributed by atoms with Gasteiger partial charge in [-0.25, -0.2) is 4.98 Å². The Hall–Kier alpha value is -2.90. The minimum atomic E-state index is -0.507. The number of aryl methyl sites for hydroxylation is 1. The van der Waals surface area contributed by atoms with Crippen LogP contribution in [0, 0.1) is 16.0 Å². The summed E-state index contributed by atoms with van der Waals surface area (Å²) in [4.78, 5) is 27.1. The van der Waals surface area contributed by atoms with Crippen LogP contribution in [-0.4, -0.2) is 27.5 Å². The number of methoxy groups -OCH3 is 1. The fourth-order valence-electron chi connectivity index (χ4n) is 2.72. The highest BCUT2D eigenvalue weighted by atomic mass is 16.6. The van der Waals surface area contributed by atoms with Crippen LogP contribution in [0.2, 0.25) is 0 Å². The summed E-state index contributed by atoms with van der Waals surface area (Å²) < 4.78 is 7.18. The van der Waals surface area contributed by atoms with E-state index in [9.17, 15) is 14.9 Å². The van der Waals surface area contributed by atoms with Crippen molar-refractivity contribution in [2.45, 2.75) is 19.4 Å². The average Bonchev–Trinajstić information content (AvgIpc) is 3.02. The number of carbonyl (C=O) groups is 1. The van der Waals surface area contributed by atoms with Crippen molar-refractivity contribution in [3.05, 3.63) is 46.5 Å². The van der Waals surface area contributed by atoms with E-state index in [1.165, 1.54) is 25.3 Å². The van der Waals surface area contributed by atoms with Crippen molar-refractivity contribution in [2.24, 2.45) is 5.92 Å². The summed E-state index contributed by atoms with van der Waals surface area (Å²) in [6.45, 7) is 0.736. The monoisotopic (exact) mass is 316 g/mol. The Morgan fingerprint density at radius 2 is 2.35 bits per heavy atom. The Morgan fingerprint density at radius 1 is 1.52 bits per heavy atom. The van der Waals surface area contributed by atoms with Crippen LogP contribution in [0.25, 0.3) is 0 Å². The maximum Gasteiger partial charge on any atom is 0.271 e. The maximum atomic E-state index is 12.5. The van der Waals surface area contributed by atoms with Gasteiger partial charge in [-0.05, 0) is 12.5 Å². The van der Waals surface area contributed by atoms with Crippen LogP contribution in [0.1, 0.15) is 12.2 Å². The highest BCUT2D eigenvalue weighted by Gasteiger charge is 2.26. The summed E-state index contributed by atoms with van der Waals surface area (Å²) in [6, 6.07) is 4.12. The molecule has 120 valence electrons. The molecule has 0 saturated carbocycles. The number of fused-ring (bicyclic) bond motifs is 1. The molecule has 0 fully saturated rings. The first kappa shape index (κ1) is 15.0. The first-order chi connectivity index (χ1) is 11.1. The fraction of sp³-hybridized carbons (Fsp3) is 0.333. The molecule has 0 radical (unpaired) electrons. The molecule has 23 heavy (non-hydrogen) atoms. The Bertz CT molecular complexity index is 756. The number of amides is 1. The normalized spacial score (nSPS) is 16.5. The van der Waals surface area contributed by atoms with E-state index in [-0.39, 0.29) is 17.5 Å². The standard InChI is InChI=1S/C15H16N4O4/c1-23-13-3-2-11(19(21)22)9-12(13)17-15(20)10-4-6-18-7-5-16-14(18)8-10/h2-3,5,7,9-10H,4,6,8H2,1H3,(H,17,20). The van der Waals surface area contributed by atoms with Crippen LogP contribution in [-0.2, 0) is 17.8 Å². The third-order valence-electron chi connectivity index (χ3n) is 3.97. The number of nitrogens with zero attached hydrogens (tertiary/aromatic N) is 3. The van der Waals surface area contributed by atoms with E-state index in [1.807, 2.05) is 10.8 Å². The summed E-state index contributed by atoms with van der Waals surface area (Å²) in [5.74, 6) is 0.871. The van der Waals surface area contributed by atoms with Crippen LogP contribution in [0.15, 0.2) is 30.6 Å². The number of aromatic nitrogens is 2. The molecular formula is C15H16N4O4. The zero-order valence-electron chi connectivity index (χ0n) is 12.6. The molecule has 1 unspecified atom stereocenters. The van der Waals surface area contributed by atoms with Crippen LogP contribution in [0.5, 0.6) is 5.75 Å². The molecule has 1 N–H and O–H groups in total. The molecule has 2 aromatic rings. The zero-order valence-corrected chi connectivity index (χ0v) is 12.6. The molecule has 0 aliphatic carbocycles. The topological polar surface area (TPSA) is 99.3 Å². The average molecular weight is 316 g/mol. The van der Waals surface area contributed by atoms with E-state index in [0.717, 1.165) is 12.4 Å². The molecule has 0 bridgehead atoms. The van der Waals surface area contributed by atoms with Gasteiger partial charge in [-0.1, -0.05) is 0 Å². The quantitative estimate of drug-likeness (QED) is 0.687. The number of imidazole rings is 1. The van der Waals surface area contributed by atoms with Gasteiger partial charge in [-0.2, -0.15) is 0 Å². The van der Waals surface area contributed by atoms with Crippen molar-refractivity contribution >= 4 is 17.3 Å². The third kappa shape index (κ3) is 3.01. The van der Waals surface area contributed by atoms with Gasteiger partial charge in [0.05, 0.1) is 17.7 Å². The van der Waals surface area contributed by atoms with Gasteiger partial charge in [0.1, 0.15) is 11.6 Å². The Morgan fingerprint density at radius 3 is 3.09 bits per heavy atom. The van der Waals surface area contributed by atoms with Crippen LogP contribution in [0.3, 0.4) is 0 Å². The van der Waals surface area contributed by atoms with Crippen molar-refractivity contribution in [3.8, 4) is 5.75 Å². The molecule has 1 aliphatic heterocycles. The summed E-state index contributed by atoms with van der Waals surface area (Å²) in [5.41, 5.74) is 0.209. The number of nitro groups is 1. The van der Waals surface area contributed by atoms with E-state index in [4.69, 9.17) is 4.74 Å². The number of ether oxygens (including phenoxy) is 1. The molecule has 0 spiro atoms. The van der Waals surface area contributed by atoms with Crippen molar-refractivity contribution < 1.29 is 14.5 Å². The third-order valence-corrected chi connectivity index (χ3v) is 3.97.